The summed E-state index contributed by atoms with van der Waals surface area (Å²) in [6, 6.07) is 2.17. The van der Waals surface area contributed by atoms with Crippen LogP contribution in [0.15, 0.2) is 4.99 Å². The van der Waals surface area contributed by atoms with Crippen LogP contribution in [-0.4, -0.2) is 49.6 Å². The van der Waals surface area contributed by atoms with Crippen molar-refractivity contribution in [2.24, 2.45) is 22.7 Å². The molecule has 2 bridgehead atoms. The van der Waals surface area contributed by atoms with Crippen LogP contribution in [0.1, 0.15) is 57.8 Å². The van der Waals surface area contributed by atoms with E-state index in [0.717, 1.165) is 42.3 Å². The molecule has 2 atom stereocenters. The van der Waals surface area contributed by atoms with Crippen molar-refractivity contribution in [3.8, 4) is 0 Å². The molecule has 4 aliphatic rings. The molecular weight excluding hydrogens is 411 g/mol. The second kappa shape index (κ2) is 8.11. The van der Waals surface area contributed by atoms with Crippen molar-refractivity contribution >= 4 is 29.9 Å². The van der Waals surface area contributed by atoms with Crippen LogP contribution in [0.25, 0.3) is 0 Å². The van der Waals surface area contributed by atoms with E-state index >= 15 is 0 Å². The van der Waals surface area contributed by atoms with Gasteiger partial charge in [-0.25, -0.2) is 0 Å². The summed E-state index contributed by atoms with van der Waals surface area (Å²) in [6.45, 7) is 1.13. The molecule has 24 heavy (non-hydrogen) atoms. The Morgan fingerprint density at radius 1 is 1.04 bits per heavy atom. The van der Waals surface area contributed by atoms with Crippen molar-refractivity contribution in [2.75, 3.05) is 20.6 Å². The molecule has 2 N–H and O–H groups in total. The summed E-state index contributed by atoms with van der Waals surface area (Å²) in [6.07, 6.45) is 12.6. The molecule has 0 aromatic heterocycles. The smallest absolute Gasteiger partial charge is 0.191 e. The summed E-state index contributed by atoms with van der Waals surface area (Å²) in [4.78, 5) is 7.14. The zero-order chi connectivity index (χ0) is 15.8. The normalized spacial score (nSPS) is 34.0. The number of nitrogens with one attached hydrogen (secondary N) is 2. The molecule has 2 heterocycles. The Hall–Kier alpha value is -0.0400. The zero-order valence-electron chi connectivity index (χ0n) is 15.3. The first-order valence-electron chi connectivity index (χ1n) is 9.93. The average molecular weight is 446 g/mol. The number of guanidine groups is 1. The van der Waals surface area contributed by atoms with Crippen LogP contribution in [-0.2, 0) is 0 Å². The van der Waals surface area contributed by atoms with Gasteiger partial charge in [0.05, 0.1) is 0 Å². The van der Waals surface area contributed by atoms with Crippen molar-refractivity contribution < 1.29 is 0 Å². The third kappa shape index (κ3) is 4.37. The molecule has 0 aromatic carbocycles. The van der Waals surface area contributed by atoms with Crippen LogP contribution in [0.3, 0.4) is 0 Å². The predicted octanol–water partition coefficient (Wildman–Crippen LogP) is 3.22. The summed E-state index contributed by atoms with van der Waals surface area (Å²) < 4.78 is 0. The summed E-state index contributed by atoms with van der Waals surface area (Å²) in [5.41, 5.74) is 0. The fourth-order valence-corrected chi connectivity index (χ4v) is 5.10. The van der Waals surface area contributed by atoms with Gasteiger partial charge in [-0.2, -0.15) is 0 Å². The first kappa shape index (κ1) is 18.7. The van der Waals surface area contributed by atoms with Gasteiger partial charge >= 0.3 is 0 Å². The third-order valence-corrected chi connectivity index (χ3v) is 6.86. The summed E-state index contributed by atoms with van der Waals surface area (Å²) in [5, 5.41) is 7.40. The molecule has 0 spiro atoms. The number of fused-ring (bicyclic) bond motifs is 2. The highest BCUT2D eigenvalue weighted by Gasteiger charge is 2.41. The Morgan fingerprint density at radius 3 is 2.12 bits per heavy atom. The maximum absolute atomic E-state index is 4.51. The van der Waals surface area contributed by atoms with E-state index in [0.29, 0.717) is 6.04 Å². The lowest BCUT2D eigenvalue weighted by atomic mass is 9.82. The number of hydrogen-bond donors (Lipinski definition) is 2. The second-order valence-electron chi connectivity index (χ2n) is 8.51. The van der Waals surface area contributed by atoms with Crippen molar-refractivity contribution in [1.29, 1.82) is 0 Å². The maximum atomic E-state index is 4.51. The average Bonchev–Trinajstić information content (AvgIpc) is 3.41. The lowest BCUT2D eigenvalue weighted by Gasteiger charge is -2.47. The molecule has 4 rings (SSSR count). The zero-order valence-corrected chi connectivity index (χ0v) is 17.7. The van der Waals surface area contributed by atoms with Crippen LogP contribution in [0.5, 0.6) is 0 Å². The largest absolute Gasteiger partial charge is 0.356 e. The number of hydrogen-bond acceptors (Lipinski definition) is 2. The van der Waals surface area contributed by atoms with E-state index in [1.165, 1.54) is 57.8 Å². The molecule has 5 heteroatoms. The fourth-order valence-electron chi connectivity index (χ4n) is 5.10. The molecule has 2 unspecified atom stereocenters. The quantitative estimate of drug-likeness (QED) is 0.387. The second-order valence-corrected chi connectivity index (χ2v) is 8.51. The van der Waals surface area contributed by atoms with Gasteiger partial charge in [0.15, 0.2) is 5.96 Å². The highest BCUT2D eigenvalue weighted by molar-refractivity contribution is 14.0. The van der Waals surface area contributed by atoms with Crippen molar-refractivity contribution in [2.45, 2.75) is 75.9 Å². The molecule has 2 aliphatic heterocycles. The molecule has 2 saturated heterocycles. The minimum atomic E-state index is 0. The minimum Gasteiger partial charge on any atom is -0.356 e. The van der Waals surface area contributed by atoms with E-state index in [2.05, 4.69) is 27.6 Å². The first-order valence-corrected chi connectivity index (χ1v) is 9.93. The fraction of sp³-hybridized carbons (Fsp3) is 0.947. The van der Waals surface area contributed by atoms with Crippen LogP contribution in [0.4, 0.5) is 0 Å². The maximum Gasteiger partial charge on any atom is 0.191 e. The first-order chi connectivity index (χ1) is 11.2. The number of rotatable bonds is 5. The van der Waals surface area contributed by atoms with E-state index in [9.17, 15) is 0 Å². The molecule has 4 nitrogen and oxygen atoms in total. The van der Waals surface area contributed by atoms with Gasteiger partial charge in [0.25, 0.3) is 0 Å². The lowest BCUT2D eigenvalue weighted by molar-refractivity contribution is 0.0526. The molecule has 138 valence electrons. The number of piperidine rings is 2. The van der Waals surface area contributed by atoms with Crippen LogP contribution < -0.4 is 10.6 Å². The molecule has 4 fully saturated rings. The van der Waals surface area contributed by atoms with Gasteiger partial charge in [-0.3, -0.25) is 4.99 Å². The van der Waals surface area contributed by atoms with Crippen LogP contribution >= 0.6 is 24.0 Å². The van der Waals surface area contributed by atoms with E-state index in [-0.39, 0.29) is 24.0 Å². The number of halogens is 1. The van der Waals surface area contributed by atoms with E-state index in [1.807, 2.05) is 7.05 Å². The van der Waals surface area contributed by atoms with Crippen molar-refractivity contribution in [1.82, 2.24) is 15.5 Å². The predicted molar refractivity (Wildman–Crippen MR) is 111 cm³/mol. The van der Waals surface area contributed by atoms with Gasteiger partial charge in [0.2, 0.25) is 0 Å². The summed E-state index contributed by atoms with van der Waals surface area (Å²) in [5.74, 6) is 3.97. The van der Waals surface area contributed by atoms with E-state index in [1.54, 1.807) is 0 Å². The van der Waals surface area contributed by atoms with Crippen LogP contribution in [0, 0.1) is 17.8 Å². The minimum absolute atomic E-state index is 0. The monoisotopic (exact) mass is 446 g/mol. The molecule has 2 aliphatic carbocycles. The van der Waals surface area contributed by atoms with Gasteiger partial charge in [-0.15, -0.1) is 24.0 Å². The van der Waals surface area contributed by atoms with Crippen LogP contribution in [0.2, 0.25) is 0 Å². The summed E-state index contributed by atoms with van der Waals surface area (Å²) in [7, 11) is 4.25. The van der Waals surface area contributed by atoms with E-state index in [4.69, 9.17) is 0 Å². The van der Waals surface area contributed by atoms with E-state index < -0.39 is 0 Å². The SMILES string of the molecule is CN=C(NCC(C1CC1)C1CC1)NC1CC2CCCC(C1)N2C.I. The van der Waals surface area contributed by atoms with Gasteiger partial charge in [-0.1, -0.05) is 6.42 Å². The van der Waals surface area contributed by atoms with Gasteiger partial charge in [0.1, 0.15) is 0 Å². The Labute approximate surface area is 164 Å². The van der Waals surface area contributed by atoms with Gasteiger partial charge in [-0.05, 0) is 76.2 Å². The summed E-state index contributed by atoms with van der Waals surface area (Å²) >= 11 is 0. The Balaban J connectivity index is 0.00000169. The topological polar surface area (TPSA) is 39.7 Å². The van der Waals surface area contributed by atoms with Gasteiger partial charge < -0.3 is 15.5 Å². The number of nitrogens with zero attached hydrogens (tertiary/aromatic N) is 2. The number of aliphatic imine (C=N–C) groups is 1. The van der Waals surface area contributed by atoms with Gasteiger partial charge in [0, 0.05) is 31.7 Å². The highest BCUT2D eigenvalue weighted by atomic mass is 127. The molecule has 0 amide bonds. The molecular formula is C19H35IN4. The van der Waals surface area contributed by atoms with Crippen molar-refractivity contribution in [3.05, 3.63) is 0 Å². The Bertz CT molecular complexity index is 421. The highest BCUT2D eigenvalue weighted by Crippen LogP contribution is 2.48. The van der Waals surface area contributed by atoms with Crippen molar-refractivity contribution in [3.63, 3.8) is 0 Å². The third-order valence-electron chi connectivity index (χ3n) is 6.86. The Kier molecular flexibility index (Phi) is 6.33. The molecule has 0 aromatic rings. The lowest BCUT2D eigenvalue weighted by Crippen LogP contribution is -2.57. The Morgan fingerprint density at radius 2 is 1.62 bits per heavy atom. The molecule has 0 radical (unpaired) electrons. The standard InChI is InChI=1S/C19H34N4.HI/c1-20-19(21-12-18(13-6-7-13)14-8-9-14)22-15-10-16-4-3-5-17(11-15)23(16)2;/h13-18H,3-12H2,1-2H3,(H2,20,21,22);1H. The molecule has 2 saturated carbocycles.